The van der Waals surface area contributed by atoms with Crippen molar-refractivity contribution in [2.45, 2.75) is 30.7 Å². The van der Waals surface area contributed by atoms with Crippen LogP contribution in [0.4, 0.5) is 0 Å². The summed E-state index contributed by atoms with van der Waals surface area (Å²) in [5, 5.41) is 0.271. The summed E-state index contributed by atoms with van der Waals surface area (Å²) in [5.74, 6) is -0.537. The van der Waals surface area contributed by atoms with E-state index in [0.29, 0.717) is 18.8 Å². The number of ketones is 1. The Balaban J connectivity index is 1.55. The van der Waals surface area contributed by atoms with Crippen molar-refractivity contribution in [1.82, 2.24) is 4.31 Å². The Morgan fingerprint density at radius 1 is 1.00 bits per heavy atom. The predicted molar refractivity (Wildman–Crippen MR) is 136 cm³/mol. The highest BCUT2D eigenvalue weighted by Crippen LogP contribution is 2.37. The molecule has 1 aliphatic rings. The molecule has 0 radical (unpaired) electrons. The van der Waals surface area contributed by atoms with Crippen LogP contribution < -0.4 is 4.74 Å². The first-order chi connectivity index (χ1) is 17.3. The number of rotatable bonds is 9. The summed E-state index contributed by atoms with van der Waals surface area (Å²) in [6.45, 7) is 2.05. The molecule has 0 saturated carbocycles. The monoisotopic (exact) mass is 527 g/mol. The standard InChI is InChI=1S/C27H26ClNO6S/c1-2-34-20-11-13-21(14-12-20)36(32,33)29-16-15-19-7-3-4-8-22(19)25(29)17-27(31)35-18-26(30)23-9-5-6-10-24(23)28/h3-14,25H,2,15-18H2,1H3/t25-/m1/s1. The molecular weight excluding hydrogens is 502 g/mol. The molecular formula is C27H26ClNO6S. The Morgan fingerprint density at radius 2 is 1.69 bits per heavy atom. The van der Waals surface area contributed by atoms with Gasteiger partial charge in [-0.2, -0.15) is 4.31 Å². The van der Waals surface area contributed by atoms with Crippen molar-refractivity contribution in [2.24, 2.45) is 0 Å². The van der Waals surface area contributed by atoms with Crippen LogP contribution in [0.2, 0.25) is 5.02 Å². The second kappa shape index (κ2) is 11.2. The topological polar surface area (TPSA) is 90.0 Å². The van der Waals surface area contributed by atoms with Gasteiger partial charge in [0.1, 0.15) is 5.75 Å². The van der Waals surface area contributed by atoms with Crippen LogP contribution in [-0.4, -0.2) is 44.2 Å². The molecule has 0 saturated heterocycles. The van der Waals surface area contributed by atoms with Gasteiger partial charge in [0, 0.05) is 12.1 Å². The molecule has 1 heterocycles. The van der Waals surface area contributed by atoms with Gasteiger partial charge >= 0.3 is 5.97 Å². The van der Waals surface area contributed by atoms with E-state index in [4.69, 9.17) is 21.1 Å². The van der Waals surface area contributed by atoms with Gasteiger partial charge in [-0.3, -0.25) is 9.59 Å². The Bertz CT molecular complexity index is 1360. The normalized spacial score (nSPS) is 15.7. The van der Waals surface area contributed by atoms with Gasteiger partial charge in [0.2, 0.25) is 15.8 Å². The molecule has 188 valence electrons. The molecule has 0 N–H and O–H groups in total. The molecule has 3 aromatic rings. The molecule has 0 aromatic heterocycles. The van der Waals surface area contributed by atoms with E-state index >= 15 is 0 Å². The van der Waals surface area contributed by atoms with Crippen molar-refractivity contribution in [2.75, 3.05) is 19.8 Å². The molecule has 0 spiro atoms. The van der Waals surface area contributed by atoms with Gasteiger partial charge in [-0.15, -0.1) is 0 Å². The maximum absolute atomic E-state index is 13.6. The van der Waals surface area contributed by atoms with Crippen LogP contribution in [0.5, 0.6) is 5.75 Å². The summed E-state index contributed by atoms with van der Waals surface area (Å²) < 4.78 is 39.2. The number of fused-ring (bicyclic) bond motifs is 1. The first-order valence-corrected chi connectivity index (χ1v) is 13.4. The van der Waals surface area contributed by atoms with Gasteiger partial charge in [-0.25, -0.2) is 8.42 Å². The Labute approximate surface area is 215 Å². The van der Waals surface area contributed by atoms with Crippen molar-refractivity contribution >= 4 is 33.4 Å². The van der Waals surface area contributed by atoms with Gasteiger partial charge in [0.05, 0.1) is 29.0 Å². The summed E-state index contributed by atoms with van der Waals surface area (Å²) in [7, 11) is -3.93. The van der Waals surface area contributed by atoms with E-state index in [1.807, 2.05) is 31.2 Å². The molecule has 0 unspecified atom stereocenters. The van der Waals surface area contributed by atoms with E-state index in [1.54, 1.807) is 36.4 Å². The highest BCUT2D eigenvalue weighted by Gasteiger charge is 2.38. The van der Waals surface area contributed by atoms with Crippen LogP contribution in [0, 0.1) is 0 Å². The maximum Gasteiger partial charge on any atom is 0.308 e. The van der Waals surface area contributed by atoms with Crippen molar-refractivity contribution in [3.8, 4) is 5.75 Å². The minimum absolute atomic E-state index is 0.109. The lowest BCUT2D eigenvalue weighted by atomic mass is 9.92. The van der Waals surface area contributed by atoms with E-state index in [1.165, 1.54) is 16.4 Å². The minimum atomic E-state index is -3.93. The zero-order chi connectivity index (χ0) is 25.7. The van der Waals surface area contributed by atoms with E-state index < -0.39 is 34.4 Å². The fourth-order valence-electron chi connectivity index (χ4n) is 4.27. The van der Waals surface area contributed by atoms with E-state index in [-0.39, 0.29) is 28.4 Å². The second-order valence-corrected chi connectivity index (χ2v) is 10.6. The SMILES string of the molecule is CCOc1ccc(S(=O)(=O)N2CCc3ccccc3[C@H]2CC(=O)OCC(=O)c2ccccc2Cl)cc1. The minimum Gasteiger partial charge on any atom is -0.494 e. The number of sulfonamides is 1. The molecule has 0 amide bonds. The number of hydrogen-bond acceptors (Lipinski definition) is 6. The third-order valence-corrected chi connectivity index (χ3v) is 8.26. The molecule has 3 aromatic carbocycles. The molecule has 1 aliphatic heterocycles. The number of benzene rings is 3. The highest BCUT2D eigenvalue weighted by atomic mass is 35.5. The Morgan fingerprint density at radius 3 is 2.42 bits per heavy atom. The van der Waals surface area contributed by atoms with Crippen molar-refractivity contribution < 1.29 is 27.5 Å². The summed E-state index contributed by atoms with van der Waals surface area (Å²) >= 11 is 6.06. The number of nitrogens with zero attached hydrogens (tertiary/aromatic N) is 1. The quantitative estimate of drug-likeness (QED) is 0.292. The second-order valence-electron chi connectivity index (χ2n) is 8.25. The number of ether oxygens (including phenoxy) is 2. The third kappa shape index (κ3) is 5.61. The van der Waals surface area contributed by atoms with Crippen LogP contribution in [-0.2, 0) is 26.0 Å². The van der Waals surface area contributed by atoms with Crippen molar-refractivity contribution in [1.29, 1.82) is 0 Å². The summed E-state index contributed by atoms with van der Waals surface area (Å²) in [6, 6.07) is 19.4. The van der Waals surface area contributed by atoms with Gasteiger partial charge in [-0.05, 0) is 60.9 Å². The van der Waals surface area contributed by atoms with E-state index in [9.17, 15) is 18.0 Å². The zero-order valence-corrected chi connectivity index (χ0v) is 21.3. The highest BCUT2D eigenvalue weighted by molar-refractivity contribution is 7.89. The number of hydrogen-bond donors (Lipinski definition) is 0. The number of esters is 1. The van der Waals surface area contributed by atoms with Crippen LogP contribution in [0.25, 0.3) is 0 Å². The fraction of sp³-hybridized carbons (Fsp3) is 0.259. The van der Waals surface area contributed by atoms with Gasteiger partial charge < -0.3 is 9.47 Å². The summed E-state index contributed by atoms with van der Waals surface area (Å²) in [4.78, 5) is 25.4. The fourth-order valence-corrected chi connectivity index (χ4v) is 6.11. The Hall–Kier alpha value is -3.20. The van der Waals surface area contributed by atoms with Gasteiger partial charge in [-0.1, -0.05) is 48.0 Å². The lowest BCUT2D eigenvalue weighted by molar-refractivity contribution is -0.143. The van der Waals surface area contributed by atoms with Crippen molar-refractivity contribution in [3.63, 3.8) is 0 Å². The van der Waals surface area contributed by atoms with E-state index in [0.717, 1.165) is 11.1 Å². The van der Waals surface area contributed by atoms with Crippen molar-refractivity contribution in [3.05, 3.63) is 94.5 Å². The molecule has 36 heavy (non-hydrogen) atoms. The molecule has 0 aliphatic carbocycles. The molecule has 4 rings (SSSR count). The first-order valence-electron chi connectivity index (χ1n) is 11.6. The van der Waals surface area contributed by atoms with Crippen LogP contribution >= 0.6 is 11.6 Å². The van der Waals surface area contributed by atoms with Gasteiger partial charge in [0.25, 0.3) is 0 Å². The van der Waals surface area contributed by atoms with Gasteiger partial charge in [0.15, 0.2) is 6.61 Å². The van der Waals surface area contributed by atoms with Crippen LogP contribution in [0.1, 0.15) is 40.9 Å². The largest absolute Gasteiger partial charge is 0.494 e. The summed E-state index contributed by atoms with van der Waals surface area (Å²) in [6.07, 6.45) is 0.284. The number of carbonyl (C=O) groups excluding carboxylic acids is 2. The maximum atomic E-state index is 13.6. The first kappa shape index (κ1) is 25.9. The average Bonchev–Trinajstić information content (AvgIpc) is 2.88. The zero-order valence-electron chi connectivity index (χ0n) is 19.7. The molecule has 7 nitrogen and oxygen atoms in total. The lowest BCUT2D eigenvalue weighted by Crippen LogP contribution is -2.41. The number of Topliss-reactive ketones (excluding diaryl/α,β-unsaturated/α-hetero) is 1. The Kier molecular flexibility index (Phi) is 8.08. The molecule has 9 heteroatoms. The van der Waals surface area contributed by atoms with E-state index in [2.05, 4.69) is 0 Å². The molecule has 0 bridgehead atoms. The van der Waals surface area contributed by atoms with Crippen LogP contribution in [0.3, 0.4) is 0 Å². The lowest BCUT2D eigenvalue weighted by Gasteiger charge is -2.36. The summed E-state index contributed by atoms with van der Waals surface area (Å²) in [5.41, 5.74) is 1.97. The third-order valence-electron chi connectivity index (χ3n) is 6.00. The average molecular weight is 528 g/mol. The predicted octanol–water partition coefficient (Wildman–Crippen LogP) is 4.84. The number of halogens is 1. The molecule has 0 fully saturated rings. The molecule has 1 atom stereocenters. The number of carbonyl (C=O) groups is 2. The smallest absolute Gasteiger partial charge is 0.308 e. The van der Waals surface area contributed by atoms with Crippen LogP contribution in [0.15, 0.2) is 77.7 Å².